The molecule has 220 valence electrons. The van der Waals surface area contributed by atoms with Crippen molar-refractivity contribution in [3.8, 4) is 0 Å². The van der Waals surface area contributed by atoms with Gasteiger partial charge in [-0.2, -0.15) is 0 Å². The predicted molar refractivity (Wildman–Crippen MR) is 161 cm³/mol. The normalized spacial score (nSPS) is 19.1. The molecule has 9 nitrogen and oxygen atoms in total. The quantitative estimate of drug-likeness (QED) is 0.367. The molecule has 0 aromatic heterocycles. The summed E-state index contributed by atoms with van der Waals surface area (Å²) >= 11 is 0. The van der Waals surface area contributed by atoms with Crippen LogP contribution in [0.25, 0.3) is 0 Å². The highest BCUT2D eigenvalue weighted by molar-refractivity contribution is 6.01. The third-order valence-electron chi connectivity index (χ3n) is 7.52. The van der Waals surface area contributed by atoms with E-state index in [1.54, 1.807) is 6.07 Å². The van der Waals surface area contributed by atoms with Crippen molar-refractivity contribution in [3.05, 3.63) is 101 Å². The SMILES string of the molecule is Cc1ccccc1C1CC(c2ccccc2)N(CC(=O)NC(C)(C)C)C(=O)C(N(C(N)=O)c2cccc(C(=O)O)c2)C1. The third kappa shape index (κ3) is 6.97. The molecule has 3 atom stereocenters. The fourth-order valence-corrected chi connectivity index (χ4v) is 5.76. The number of hydrogen-bond acceptors (Lipinski definition) is 4. The lowest BCUT2D eigenvalue weighted by Gasteiger charge is -2.35. The molecule has 3 aromatic carbocycles. The molecule has 4 N–H and O–H groups in total. The zero-order valence-corrected chi connectivity index (χ0v) is 24.4. The highest BCUT2D eigenvalue weighted by Gasteiger charge is 2.43. The largest absolute Gasteiger partial charge is 0.478 e. The van der Waals surface area contributed by atoms with E-state index in [2.05, 4.69) is 5.32 Å². The van der Waals surface area contributed by atoms with E-state index in [1.807, 2.05) is 82.3 Å². The first kappa shape index (κ1) is 30.3. The van der Waals surface area contributed by atoms with Gasteiger partial charge in [-0.1, -0.05) is 60.7 Å². The van der Waals surface area contributed by atoms with E-state index in [9.17, 15) is 24.3 Å². The number of carbonyl (C=O) groups is 4. The molecule has 1 fully saturated rings. The minimum Gasteiger partial charge on any atom is -0.478 e. The van der Waals surface area contributed by atoms with E-state index in [-0.39, 0.29) is 36.0 Å². The number of aromatic carboxylic acids is 1. The van der Waals surface area contributed by atoms with Gasteiger partial charge in [0.05, 0.1) is 11.6 Å². The van der Waals surface area contributed by atoms with Gasteiger partial charge >= 0.3 is 12.0 Å². The summed E-state index contributed by atoms with van der Waals surface area (Å²) in [5.74, 6) is -2.13. The van der Waals surface area contributed by atoms with Crippen LogP contribution in [-0.2, 0) is 9.59 Å². The van der Waals surface area contributed by atoms with Crippen LogP contribution in [0.3, 0.4) is 0 Å². The summed E-state index contributed by atoms with van der Waals surface area (Å²) in [4.78, 5) is 55.4. The van der Waals surface area contributed by atoms with Crippen molar-refractivity contribution in [2.45, 2.75) is 64.1 Å². The fraction of sp³-hybridized carbons (Fsp3) is 0.333. The first-order valence-electron chi connectivity index (χ1n) is 14.0. The van der Waals surface area contributed by atoms with Crippen LogP contribution < -0.4 is 16.0 Å². The Kier molecular flexibility index (Phi) is 8.99. The lowest BCUT2D eigenvalue weighted by Crippen LogP contribution is -2.55. The first-order valence-corrected chi connectivity index (χ1v) is 14.0. The molecule has 1 saturated heterocycles. The molecular weight excluding hydrogens is 532 g/mol. The summed E-state index contributed by atoms with van der Waals surface area (Å²) in [5, 5.41) is 12.5. The number of nitrogens with zero attached hydrogens (tertiary/aromatic N) is 2. The van der Waals surface area contributed by atoms with Gasteiger partial charge in [-0.25, -0.2) is 9.59 Å². The number of carboxylic acid groups (broad SMARTS) is 1. The van der Waals surface area contributed by atoms with Gasteiger partial charge < -0.3 is 21.1 Å². The molecule has 0 saturated carbocycles. The average molecular weight is 571 g/mol. The maximum atomic E-state index is 14.6. The fourth-order valence-electron chi connectivity index (χ4n) is 5.76. The number of nitrogens with two attached hydrogens (primary N) is 1. The lowest BCUT2D eigenvalue weighted by atomic mass is 9.84. The van der Waals surface area contributed by atoms with Gasteiger partial charge in [0.2, 0.25) is 11.8 Å². The molecule has 3 aromatic rings. The number of carboxylic acids is 1. The Morgan fingerprint density at radius 1 is 0.976 bits per heavy atom. The molecule has 0 aliphatic carbocycles. The van der Waals surface area contributed by atoms with Gasteiger partial charge in [0, 0.05) is 11.2 Å². The molecule has 1 aliphatic rings. The molecule has 4 amide bonds. The smallest absolute Gasteiger partial charge is 0.335 e. The minimum atomic E-state index is -1.17. The van der Waals surface area contributed by atoms with Crippen LogP contribution in [0, 0.1) is 6.92 Å². The second-order valence-electron chi connectivity index (χ2n) is 11.8. The number of carbonyl (C=O) groups excluding carboxylic acids is 3. The maximum Gasteiger partial charge on any atom is 0.335 e. The van der Waals surface area contributed by atoms with Gasteiger partial charge in [0.15, 0.2) is 0 Å². The zero-order chi connectivity index (χ0) is 30.6. The van der Waals surface area contributed by atoms with Crippen LogP contribution in [-0.4, -0.2) is 51.9 Å². The first-order chi connectivity index (χ1) is 19.9. The number of benzene rings is 3. The van der Waals surface area contributed by atoms with E-state index in [4.69, 9.17) is 5.73 Å². The van der Waals surface area contributed by atoms with Crippen LogP contribution in [0.1, 0.15) is 72.6 Å². The van der Waals surface area contributed by atoms with Crippen molar-refractivity contribution in [1.82, 2.24) is 10.2 Å². The summed E-state index contributed by atoms with van der Waals surface area (Å²) in [6, 6.07) is 20.8. The maximum absolute atomic E-state index is 14.6. The van der Waals surface area contributed by atoms with Gasteiger partial charge in [-0.05, 0) is 81.3 Å². The minimum absolute atomic E-state index is 0.0427. The van der Waals surface area contributed by atoms with Crippen LogP contribution in [0.2, 0.25) is 0 Å². The number of hydrogen-bond donors (Lipinski definition) is 3. The molecule has 1 heterocycles. The number of likely N-dealkylation sites (tertiary alicyclic amines) is 1. The van der Waals surface area contributed by atoms with Gasteiger partial charge in [-0.3, -0.25) is 14.5 Å². The molecule has 9 heteroatoms. The molecule has 4 rings (SSSR count). The average Bonchev–Trinajstić information content (AvgIpc) is 3.05. The van der Waals surface area contributed by atoms with Crippen molar-refractivity contribution in [3.63, 3.8) is 0 Å². The number of aryl methyl sites for hydroxylation is 1. The lowest BCUT2D eigenvalue weighted by molar-refractivity contribution is -0.139. The summed E-state index contributed by atoms with van der Waals surface area (Å²) in [6.45, 7) is 7.38. The molecule has 1 aliphatic heterocycles. The number of primary amides is 1. The summed E-state index contributed by atoms with van der Waals surface area (Å²) < 4.78 is 0. The molecule has 0 bridgehead atoms. The Hall–Kier alpha value is -4.66. The Morgan fingerprint density at radius 3 is 2.26 bits per heavy atom. The molecular formula is C33H38N4O5. The molecule has 3 unspecified atom stereocenters. The number of nitrogens with one attached hydrogen (secondary N) is 1. The number of rotatable bonds is 7. The van der Waals surface area contributed by atoms with Crippen molar-refractivity contribution >= 4 is 29.5 Å². The molecule has 0 spiro atoms. The topological polar surface area (TPSA) is 133 Å². The Morgan fingerprint density at radius 2 is 1.64 bits per heavy atom. The second kappa shape index (κ2) is 12.5. The standard InChI is InChI=1S/C33H38N4O5/c1-21-11-8-9-16-26(21)24-18-27(22-12-6-5-7-13-22)36(20-29(38)35-33(2,3)4)30(39)28(19-24)37(32(34)42)25-15-10-14-23(17-25)31(40)41/h5-17,24,27-28H,18-20H2,1-4H3,(H2,34,42)(H,35,38)(H,40,41). The van der Waals surface area contributed by atoms with E-state index < -0.39 is 35.5 Å². The van der Waals surface area contributed by atoms with Gasteiger partial charge in [-0.15, -0.1) is 0 Å². The van der Waals surface area contributed by atoms with Crippen molar-refractivity contribution < 1.29 is 24.3 Å². The number of anilines is 1. The summed E-state index contributed by atoms with van der Waals surface area (Å²) in [6.07, 6.45) is 0.728. The summed E-state index contributed by atoms with van der Waals surface area (Å²) in [7, 11) is 0. The van der Waals surface area contributed by atoms with Crippen molar-refractivity contribution in [2.75, 3.05) is 11.4 Å². The Balaban J connectivity index is 1.89. The summed E-state index contributed by atoms with van der Waals surface area (Å²) in [5.41, 5.74) is 8.49. The number of amides is 4. The van der Waals surface area contributed by atoms with Crippen LogP contribution >= 0.6 is 0 Å². The van der Waals surface area contributed by atoms with E-state index >= 15 is 0 Å². The van der Waals surface area contributed by atoms with Crippen LogP contribution in [0.4, 0.5) is 10.5 Å². The Bertz CT molecular complexity index is 1470. The second-order valence-corrected chi connectivity index (χ2v) is 11.8. The third-order valence-corrected chi connectivity index (χ3v) is 7.52. The molecule has 42 heavy (non-hydrogen) atoms. The van der Waals surface area contributed by atoms with Crippen molar-refractivity contribution in [2.24, 2.45) is 5.73 Å². The van der Waals surface area contributed by atoms with Gasteiger partial charge in [0.25, 0.3) is 0 Å². The Labute approximate surface area is 246 Å². The number of urea groups is 1. The van der Waals surface area contributed by atoms with Crippen LogP contribution in [0.5, 0.6) is 0 Å². The zero-order valence-electron chi connectivity index (χ0n) is 24.4. The highest BCUT2D eigenvalue weighted by atomic mass is 16.4. The van der Waals surface area contributed by atoms with Gasteiger partial charge in [0.1, 0.15) is 12.6 Å². The van der Waals surface area contributed by atoms with E-state index in [0.29, 0.717) is 6.42 Å². The monoisotopic (exact) mass is 570 g/mol. The van der Waals surface area contributed by atoms with Crippen molar-refractivity contribution in [1.29, 1.82) is 0 Å². The highest BCUT2D eigenvalue weighted by Crippen LogP contribution is 2.42. The van der Waals surface area contributed by atoms with E-state index in [0.717, 1.165) is 16.7 Å². The molecule has 0 radical (unpaired) electrons. The predicted octanol–water partition coefficient (Wildman–Crippen LogP) is 5.01. The van der Waals surface area contributed by atoms with E-state index in [1.165, 1.54) is 28.0 Å². The van der Waals surface area contributed by atoms with Crippen LogP contribution in [0.15, 0.2) is 78.9 Å².